The summed E-state index contributed by atoms with van der Waals surface area (Å²) in [6, 6.07) is 9.26. The van der Waals surface area contributed by atoms with E-state index in [1.54, 1.807) is 38.1 Å². The maximum atomic E-state index is 12.6. The van der Waals surface area contributed by atoms with Gasteiger partial charge in [-0.05, 0) is 25.5 Å². The first kappa shape index (κ1) is 19.2. The zero-order valence-electron chi connectivity index (χ0n) is 15.5. The average Bonchev–Trinajstić information content (AvgIpc) is 3.12. The van der Waals surface area contributed by atoms with Gasteiger partial charge in [-0.15, -0.1) is 0 Å². The van der Waals surface area contributed by atoms with Crippen LogP contribution in [0.15, 0.2) is 58.3 Å². The lowest BCUT2D eigenvalue weighted by Gasteiger charge is -2.29. The standard InChI is InChI=1S/C20H20N2O6/c1-3-26-19(24)16-15(11-28-18(23)14-9-10-27-12(14)2)21-20(25)22-17(16)13-7-5-4-6-8-13/h4-10,17H,3,11H2,1-2H3,(H2,21,22,25). The molecule has 0 fully saturated rings. The first-order valence-electron chi connectivity index (χ1n) is 8.75. The Morgan fingerprint density at radius 2 is 1.86 bits per heavy atom. The Hall–Kier alpha value is -3.55. The monoisotopic (exact) mass is 384 g/mol. The van der Waals surface area contributed by atoms with E-state index >= 15 is 0 Å². The molecule has 1 aliphatic rings. The minimum atomic E-state index is -0.724. The highest BCUT2D eigenvalue weighted by Crippen LogP contribution is 2.28. The van der Waals surface area contributed by atoms with Crippen LogP contribution in [0.5, 0.6) is 0 Å². The van der Waals surface area contributed by atoms with Gasteiger partial charge in [0.15, 0.2) is 0 Å². The van der Waals surface area contributed by atoms with Crippen molar-refractivity contribution >= 4 is 18.0 Å². The number of hydrogen-bond donors (Lipinski definition) is 2. The van der Waals surface area contributed by atoms with E-state index < -0.39 is 24.0 Å². The van der Waals surface area contributed by atoms with Crippen LogP contribution in [0.2, 0.25) is 0 Å². The highest BCUT2D eigenvalue weighted by molar-refractivity contribution is 5.95. The average molecular weight is 384 g/mol. The first-order valence-corrected chi connectivity index (χ1v) is 8.75. The molecule has 2 N–H and O–H groups in total. The zero-order chi connectivity index (χ0) is 20.1. The van der Waals surface area contributed by atoms with Gasteiger partial charge in [0.1, 0.15) is 17.9 Å². The summed E-state index contributed by atoms with van der Waals surface area (Å²) in [4.78, 5) is 37.0. The molecule has 0 saturated carbocycles. The van der Waals surface area contributed by atoms with Gasteiger partial charge in [-0.2, -0.15) is 0 Å². The Bertz CT molecular complexity index is 916. The van der Waals surface area contributed by atoms with Gasteiger partial charge in [-0.1, -0.05) is 30.3 Å². The predicted molar refractivity (Wildman–Crippen MR) is 98.2 cm³/mol. The molecule has 1 aromatic carbocycles. The van der Waals surface area contributed by atoms with Gasteiger partial charge in [-0.25, -0.2) is 14.4 Å². The summed E-state index contributed by atoms with van der Waals surface area (Å²) < 4.78 is 15.5. The van der Waals surface area contributed by atoms with Crippen LogP contribution in [0, 0.1) is 6.92 Å². The molecule has 0 saturated heterocycles. The predicted octanol–water partition coefficient (Wildman–Crippen LogP) is 2.62. The van der Waals surface area contributed by atoms with E-state index in [9.17, 15) is 14.4 Å². The van der Waals surface area contributed by atoms with Crippen molar-refractivity contribution in [3.63, 3.8) is 0 Å². The van der Waals surface area contributed by atoms with Crippen molar-refractivity contribution in [2.45, 2.75) is 19.9 Å². The summed E-state index contributed by atoms with van der Waals surface area (Å²) >= 11 is 0. The lowest BCUT2D eigenvalue weighted by atomic mass is 9.95. The molecule has 1 unspecified atom stereocenters. The molecule has 8 nitrogen and oxygen atoms in total. The van der Waals surface area contributed by atoms with Crippen molar-refractivity contribution in [3.05, 3.63) is 70.8 Å². The molecule has 3 rings (SSSR count). The third-order valence-electron chi connectivity index (χ3n) is 4.21. The number of ether oxygens (including phenoxy) is 2. The second-order valence-electron chi connectivity index (χ2n) is 6.02. The Balaban J connectivity index is 1.92. The van der Waals surface area contributed by atoms with Crippen molar-refractivity contribution in [1.82, 2.24) is 10.6 Å². The van der Waals surface area contributed by atoms with Crippen LogP contribution in [-0.2, 0) is 14.3 Å². The van der Waals surface area contributed by atoms with Crippen LogP contribution in [0.1, 0.15) is 34.6 Å². The van der Waals surface area contributed by atoms with Gasteiger partial charge in [0.25, 0.3) is 0 Å². The fourth-order valence-corrected chi connectivity index (χ4v) is 2.89. The number of urea groups is 1. The van der Waals surface area contributed by atoms with E-state index in [2.05, 4.69) is 10.6 Å². The lowest BCUT2D eigenvalue weighted by Crippen LogP contribution is -2.47. The lowest BCUT2D eigenvalue weighted by molar-refractivity contribution is -0.139. The SMILES string of the molecule is CCOC(=O)C1=C(COC(=O)c2ccoc2C)NC(=O)NC1c1ccccc1. The molecule has 2 heterocycles. The Labute approximate surface area is 161 Å². The van der Waals surface area contributed by atoms with Gasteiger partial charge in [0.2, 0.25) is 0 Å². The zero-order valence-corrected chi connectivity index (χ0v) is 15.5. The second-order valence-corrected chi connectivity index (χ2v) is 6.02. The summed E-state index contributed by atoms with van der Waals surface area (Å²) in [5, 5.41) is 5.26. The molecule has 8 heteroatoms. The fourth-order valence-electron chi connectivity index (χ4n) is 2.89. The molecular weight excluding hydrogens is 364 g/mol. The quantitative estimate of drug-likeness (QED) is 0.742. The Morgan fingerprint density at radius 3 is 2.50 bits per heavy atom. The van der Waals surface area contributed by atoms with E-state index in [-0.39, 0.29) is 30.0 Å². The number of benzene rings is 1. The maximum absolute atomic E-state index is 12.6. The van der Waals surface area contributed by atoms with Crippen molar-refractivity contribution in [2.75, 3.05) is 13.2 Å². The summed E-state index contributed by atoms with van der Waals surface area (Å²) in [7, 11) is 0. The molecule has 1 aliphatic heterocycles. The number of aryl methyl sites for hydroxylation is 1. The van der Waals surface area contributed by atoms with Crippen molar-refractivity contribution in [2.24, 2.45) is 0 Å². The van der Waals surface area contributed by atoms with Crippen LogP contribution in [0.4, 0.5) is 4.79 Å². The maximum Gasteiger partial charge on any atom is 0.342 e. The number of esters is 2. The third-order valence-corrected chi connectivity index (χ3v) is 4.21. The molecular formula is C20H20N2O6. The van der Waals surface area contributed by atoms with E-state index in [0.717, 1.165) is 0 Å². The fraction of sp³-hybridized carbons (Fsp3) is 0.250. The summed E-state index contributed by atoms with van der Waals surface area (Å²) in [5.41, 5.74) is 1.34. The second kappa shape index (κ2) is 8.43. The minimum Gasteiger partial charge on any atom is -0.469 e. The molecule has 0 bridgehead atoms. The number of hydrogen-bond acceptors (Lipinski definition) is 6. The molecule has 0 spiro atoms. The van der Waals surface area contributed by atoms with Gasteiger partial charge in [0.05, 0.1) is 30.2 Å². The van der Waals surface area contributed by atoms with E-state index in [1.807, 2.05) is 6.07 Å². The van der Waals surface area contributed by atoms with Crippen LogP contribution >= 0.6 is 0 Å². The van der Waals surface area contributed by atoms with Crippen molar-refractivity contribution in [1.29, 1.82) is 0 Å². The number of furan rings is 1. The van der Waals surface area contributed by atoms with Gasteiger partial charge in [0, 0.05) is 0 Å². The largest absolute Gasteiger partial charge is 0.469 e. The summed E-state index contributed by atoms with van der Waals surface area (Å²) in [6.07, 6.45) is 1.38. The third kappa shape index (κ3) is 4.06. The van der Waals surface area contributed by atoms with Crippen LogP contribution in [0.25, 0.3) is 0 Å². The van der Waals surface area contributed by atoms with E-state index in [4.69, 9.17) is 13.9 Å². The number of carbonyl (C=O) groups is 3. The smallest absolute Gasteiger partial charge is 0.342 e. The van der Waals surface area contributed by atoms with E-state index in [1.165, 1.54) is 12.3 Å². The molecule has 2 amide bonds. The van der Waals surface area contributed by atoms with Crippen LogP contribution in [0.3, 0.4) is 0 Å². The molecule has 0 aliphatic carbocycles. The highest BCUT2D eigenvalue weighted by Gasteiger charge is 2.34. The van der Waals surface area contributed by atoms with Crippen molar-refractivity contribution in [3.8, 4) is 0 Å². The first-order chi connectivity index (χ1) is 13.5. The Morgan fingerprint density at radius 1 is 1.11 bits per heavy atom. The molecule has 2 aromatic rings. The Kier molecular flexibility index (Phi) is 5.78. The van der Waals surface area contributed by atoms with Crippen LogP contribution < -0.4 is 10.6 Å². The molecule has 28 heavy (non-hydrogen) atoms. The number of rotatable bonds is 6. The topological polar surface area (TPSA) is 107 Å². The normalized spacial score (nSPS) is 16.2. The highest BCUT2D eigenvalue weighted by atomic mass is 16.5. The van der Waals surface area contributed by atoms with Gasteiger partial charge < -0.3 is 24.5 Å². The van der Waals surface area contributed by atoms with Gasteiger partial charge >= 0.3 is 18.0 Å². The number of nitrogens with one attached hydrogen (secondary N) is 2. The molecule has 1 aromatic heterocycles. The van der Waals surface area contributed by atoms with Crippen LogP contribution in [-0.4, -0.2) is 31.2 Å². The summed E-state index contributed by atoms with van der Waals surface area (Å²) in [5.74, 6) is -0.804. The number of carbonyl (C=O) groups excluding carboxylic acids is 3. The molecule has 0 radical (unpaired) electrons. The van der Waals surface area contributed by atoms with Gasteiger partial charge in [-0.3, -0.25) is 0 Å². The van der Waals surface area contributed by atoms with E-state index in [0.29, 0.717) is 11.3 Å². The number of amides is 2. The molecule has 146 valence electrons. The minimum absolute atomic E-state index is 0.166. The summed E-state index contributed by atoms with van der Waals surface area (Å²) in [6.45, 7) is 3.19. The van der Waals surface area contributed by atoms with Crippen molar-refractivity contribution < 1.29 is 28.3 Å². The molecule has 1 atom stereocenters.